The van der Waals surface area contributed by atoms with E-state index >= 15 is 0 Å². The molecule has 1 aromatic heterocycles. The highest BCUT2D eigenvalue weighted by molar-refractivity contribution is 7.15. The fraction of sp³-hybridized carbons (Fsp3) is 0.786. The smallest absolute Gasteiger partial charge is 0.185 e. The van der Waals surface area contributed by atoms with Gasteiger partial charge in [0.2, 0.25) is 0 Å². The van der Waals surface area contributed by atoms with E-state index in [2.05, 4.69) is 17.3 Å². The minimum absolute atomic E-state index is 0.521. The summed E-state index contributed by atoms with van der Waals surface area (Å²) in [5.74, 6) is 0.672. The molecule has 5 heteroatoms. The standard InChI is InChI=1S/C14H23N3OS/c1-15-11-4-3-5-12-13(11)19-14(16-12)17-7-6-10(8-17)9-18-2/h10-11,15H,3-9H2,1-2H3. The van der Waals surface area contributed by atoms with Gasteiger partial charge in [-0.15, -0.1) is 0 Å². The third-order valence-corrected chi connectivity index (χ3v) is 5.52. The molecule has 2 aliphatic rings. The molecule has 1 saturated heterocycles. The average Bonchev–Trinajstić information content (AvgIpc) is 3.04. The van der Waals surface area contributed by atoms with E-state index in [1.165, 1.54) is 35.0 Å². The van der Waals surface area contributed by atoms with Gasteiger partial charge in [-0.25, -0.2) is 4.98 Å². The van der Waals surface area contributed by atoms with Gasteiger partial charge in [-0.05, 0) is 32.7 Å². The summed E-state index contributed by atoms with van der Waals surface area (Å²) in [4.78, 5) is 8.80. The molecule has 3 rings (SSSR count). The second-order valence-corrected chi connectivity index (χ2v) is 6.61. The Labute approximate surface area is 119 Å². The zero-order valence-corrected chi connectivity index (χ0v) is 12.6. The van der Waals surface area contributed by atoms with Crippen LogP contribution in [0.25, 0.3) is 0 Å². The Morgan fingerprint density at radius 2 is 2.37 bits per heavy atom. The van der Waals surface area contributed by atoms with Crippen LogP contribution in [0.3, 0.4) is 0 Å². The minimum atomic E-state index is 0.521. The zero-order chi connectivity index (χ0) is 13.2. The number of nitrogens with zero attached hydrogens (tertiary/aromatic N) is 2. The SMILES string of the molecule is CNC1CCCc2nc(N3CCC(COC)C3)sc21. The molecule has 106 valence electrons. The number of ether oxygens (including phenoxy) is 1. The first-order chi connectivity index (χ1) is 9.31. The van der Waals surface area contributed by atoms with Crippen molar-refractivity contribution in [2.75, 3.05) is 38.8 Å². The summed E-state index contributed by atoms with van der Waals surface area (Å²) in [6.07, 6.45) is 4.89. The van der Waals surface area contributed by atoms with Crippen molar-refractivity contribution < 1.29 is 4.74 Å². The van der Waals surface area contributed by atoms with E-state index in [-0.39, 0.29) is 0 Å². The molecule has 0 bridgehead atoms. The fourth-order valence-electron chi connectivity index (χ4n) is 3.20. The van der Waals surface area contributed by atoms with Gasteiger partial charge < -0.3 is 15.0 Å². The van der Waals surface area contributed by atoms with Gasteiger partial charge in [0.05, 0.1) is 12.3 Å². The molecule has 1 aliphatic heterocycles. The molecule has 19 heavy (non-hydrogen) atoms. The van der Waals surface area contributed by atoms with Crippen LogP contribution < -0.4 is 10.2 Å². The molecule has 1 N–H and O–H groups in total. The maximum absolute atomic E-state index is 5.27. The van der Waals surface area contributed by atoms with Gasteiger partial charge in [-0.3, -0.25) is 0 Å². The van der Waals surface area contributed by atoms with E-state index in [9.17, 15) is 0 Å². The summed E-state index contributed by atoms with van der Waals surface area (Å²) < 4.78 is 5.27. The van der Waals surface area contributed by atoms with Crippen molar-refractivity contribution >= 4 is 16.5 Å². The Morgan fingerprint density at radius 1 is 1.47 bits per heavy atom. The van der Waals surface area contributed by atoms with Crippen LogP contribution in [0.2, 0.25) is 0 Å². The number of anilines is 1. The first-order valence-corrected chi connectivity index (χ1v) is 8.04. The predicted molar refractivity (Wildman–Crippen MR) is 79.0 cm³/mol. The number of rotatable bonds is 4. The van der Waals surface area contributed by atoms with Crippen molar-refractivity contribution in [3.63, 3.8) is 0 Å². The molecule has 0 aromatic carbocycles. The topological polar surface area (TPSA) is 37.4 Å². The first-order valence-electron chi connectivity index (χ1n) is 7.22. The first kappa shape index (κ1) is 13.3. The van der Waals surface area contributed by atoms with Crippen LogP contribution in [0.1, 0.15) is 35.9 Å². The molecule has 0 amide bonds. The van der Waals surface area contributed by atoms with Crippen molar-refractivity contribution in [3.05, 3.63) is 10.6 Å². The molecule has 1 fully saturated rings. The summed E-state index contributed by atoms with van der Waals surface area (Å²) in [5.41, 5.74) is 1.33. The summed E-state index contributed by atoms with van der Waals surface area (Å²) in [6, 6.07) is 0.521. The van der Waals surface area contributed by atoms with E-state index in [1.807, 2.05) is 11.3 Å². The lowest BCUT2D eigenvalue weighted by Gasteiger charge is -2.19. The van der Waals surface area contributed by atoms with E-state index in [1.54, 1.807) is 7.11 Å². The van der Waals surface area contributed by atoms with Crippen molar-refractivity contribution in [2.24, 2.45) is 5.92 Å². The number of aromatic nitrogens is 1. The Morgan fingerprint density at radius 3 is 3.16 bits per heavy atom. The number of aryl methyl sites for hydroxylation is 1. The monoisotopic (exact) mass is 281 g/mol. The van der Waals surface area contributed by atoms with Crippen LogP contribution in [0.5, 0.6) is 0 Å². The molecule has 0 spiro atoms. The second-order valence-electron chi connectivity index (χ2n) is 5.60. The lowest BCUT2D eigenvalue weighted by atomic mass is 9.98. The third kappa shape index (κ3) is 2.64. The normalized spacial score (nSPS) is 26.7. The quantitative estimate of drug-likeness (QED) is 0.918. The zero-order valence-electron chi connectivity index (χ0n) is 11.8. The molecule has 1 aromatic rings. The number of hydrogen-bond acceptors (Lipinski definition) is 5. The van der Waals surface area contributed by atoms with Crippen LogP contribution in [-0.2, 0) is 11.2 Å². The number of thiazole rings is 1. The van der Waals surface area contributed by atoms with Crippen LogP contribution in [0, 0.1) is 5.92 Å². The van der Waals surface area contributed by atoms with Gasteiger partial charge in [-0.2, -0.15) is 0 Å². The Balaban J connectivity index is 1.74. The van der Waals surface area contributed by atoms with Gasteiger partial charge in [0.15, 0.2) is 5.13 Å². The van der Waals surface area contributed by atoms with Crippen LogP contribution >= 0.6 is 11.3 Å². The maximum atomic E-state index is 5.27. The van der Waals surface area contributed by atoms with Crippen LogP contribution in [-0.4, -0.2) is 38.8 Å². The van der Waals surface area contributed by atoms with Gasteiger partial charge in [0.25, 0.3) is 0 Å². The highest BCUT2D eigenvalue weighted by Crippen LogP contribution is 2.38. The number of hydrogen-bond donors (Lipinski definition) is 1. The Kier molecular flexibility index (Phi) is 4.05. The van der Waals surface area contributed by atoms with Crippen molar-refractivity contribution in [1.82, 2.24) is 10.3 Å². The molecule has 2 atom stereocenters. The average molecular weight is 281 g/mol. The molecule has 2 heterocycles. The maximum Gasteiger partial charge on any atom is 0.185 e. The molecular weight excluding hydrogens is 258 g/mol. The van der Waals surface area contributed by atoms with Crippen molar-refractivity contribution in [1.29, 1.82) is 0 Å². The third-order valence-electron chi connectivity index (χ3n) is 4.25. The van der Waals surface area contributed by atoms with Crippen LogP contribution in [0.15, 0.2) is 0 Å². The Hall–Kier alpha value is -0.650. The molecule has 4 nitrogen and oxygen atoms in total. The molecular formula is C14H23N3OS. The van der Waals surface area contributed by atoms with E-state index in [0.29, 0.717) is 12.0 Å². The molecule has 0 saturated carbocycles. The van der Waals surface area contributed by atoms with Gasteiger partial charge in [0, 0.05) is 37.0 Å². The highest BCUT2D eigenvalue weighted by Gasteiger charge is 2.28. The summed E-state index contributed by atoms with van der Waals surface area (Å²) in [6.45, 7) is 3.11. The minimum Gasteiger partial charge on any atom is -0.384 e. The lowest BCUT2D eigenvalue weighted by Crippen LogP contribution is -2.20. The number of nitrogens with one attached hydrogen (secondary N) is 1. The lowest BCUT2D eigenvalue weighted by molar-refractivity contribution is 0.161. The van der Waals surface area contributed by atoms with Gasteiger partial charge in [-0.1, -0.05) is 11.3 Å². The number of methoxy groups -OCH3 is 1. The van der Waals surface area contributed by atoms with Crippen molar-refractivity contribution in [2.45, 2.75) is 31.7 Å². The van der Waals surface area contributed by atoms with Crippen molar-refractivity contribution in [3.8, 4) is 0 Å². The Bertz CT molecular complexity index is 434. The fourth-order valence-corrected chi connectivity index (χ4v) is 4.49. The summed E-state index contributed by atoms with van der Waals surface area (Å²) in [5, 5.41) is 4.65. The van der Waals surface area contributed by atoms with E-state index in [4.69, 9.17) is 9.72 Å². The molecule has 0 radical (unpaired) electrons. The van der Waals surface area contributed by atoms with E-state index < -0.39 is 0 Å². The van der Waals surface area contributed by atoms with Gasteiger partial charge >= 0.3 is 0 Å². The number of fused-ring (bicyclic) bond motifs is 1. The van der Waals surface area contributed by atoms with E-state index in [0.717, 1.165) is 26.1 Å². The molecule has 2 unspecified atom stereocenters. The summed E-state index contributed by atoms with van der Waals surface area (Å²) in [7, 11) is 3.85. The van der Waals surface area contributed by atoms with Gasteiger partial charge in [0.1, 0.15) is 0 Å². The van der Waals surface area contributed by atoms with Crippen LogP contribution in [0.4, 0.5) is 5.13 Å². The largest absolute Gasteiger partial charge is 0.384 e. The highest BCUT2D eigenvalue weighted by atomic mass is 32.1. The molecule has 1 aliphatic carbocycles. The second kappa shape index (κ2) is 5.77. The summed E-state index contributed by atoms with van der Waals surface area (Å²) >= 11 is 1.90. The predicted octanol–water partition coefficient (Wildman–Crippen LogP) is 2.21.